The second-order valence-electron chi connectivity index (χ2n) is 6.44. The van der Waals surface area contributed by atoms with Crippen molar-refractivity contribution in [3.63, 3.8) is 0 Å². The van der Waals surface area contributed by atoms with Gasteiger partial charge in [-0.1, -0.05) is 18.2 Å². The van der Waals surface area contributed by atoms with Gasteiger partial charge in [0.15, 0.2) is 5.13 Å². The molecule has 0 aliphatic carbocycles. The third-order valence-electron chi connectivity index (χ3n) is 4.14. The van der Waals surface area contributed by atoms with Gasteiger partial charge in [0.25, 0.3) is 5.91 Å². The zero-order valence-corrected chi connectivity index (χ0v) is 16.5. The molecule has 0 spiro atoms. The molecule has 146 valence electrons. The van der Waals surface area contributed by atoms with Gasteiger partial charge in [-0.3, -0.25) is 19.8 Å². The summed E-state index contributed by atoms with van der Waals surface area (Å²) < 4.78 is 5.44. The highest BCUT2D eigenvalue weighted by Crippen LogP contribution is 2.19. The number of anilines is 1. The quantitative estimate of drug-likeness (QED) is 0.609. The fourth-order valence-electron chi connectivity index (χ4n) is 2.66. The molecule has 0 aliphatic rings. The monoisotopic (exact) mass is 398 g/mol. The molecular formula is C20H22N4O3S. The molecule has 0 aliphatic heterocycles. The minimum absolute atomic E-state index is 0.0462. The first-order chi connectivity index (χ1) is 13.5. The first-order valence-corrected chi connectivity index (χ1v) is 9.68. The number of nitrogens with zero attached hydrogens (tertiary/aromatic N) is 2. The third kappa shape index (κ3) is 5.28. The number of thiazole rings is 1. The summed E-state index contributed by atoms with van der Waals surface area (Å²) in [6, 6.07) is 12.6. The van der Waals surface area contributed by atoms with E-state index in [0.717, 1.165) is 5.76 Å². The summed E-state index contributed by atoms with van der Waals surface area (Å²) in [6.07, 6.45) is 1.77. The minimum atomic E-state index is -0.224. The van der Waals surface area contributed by atoms with Crippen molar-refractivity contribution in [2.24, 2.45) is 0 Å². The van der Waals surface area contributed by atoms with Gasteiger partial charge in [-0.2, -0.15) is 0 Å². The average Bonchev–Trinajstić information content (AvgIpc) is 3.35. The molecule has 1 aromatic carbocycles. The van der Waals surface area contributed by atoms with Crippen molar-refractivity contribution in [1.29, 1.82) is 0 Å². The van der Waals surface area contributed by atoms with Gasteiger partial charge in [0.1, 0.15) is 5.76 Å². The molecule has 3 rings (SSSR count). The van der Waals surface area contributed by atoms with Gasteiger partial charge in [0.2, 0.25) is 5.91 Å². The summed E-state index contributed by atoms with van der Waals surface area (Å²) in [6.45, 7) is 0.432. The van der Waals surface area contributed by atoms with E-state index in [1.165, 1.54) is 11.3 Å². The summed E-state index contributed by atoms with van der Waals surface area (Å²) in [7, 11) is 3.86. The Labute approximate surface area is 167 Å². The highest BCUT2D eigenvalue weighted by molar-refractivity contribution is 7.14. The second kappa shape index (κ2) is 9.29. The van der Waals surface area contributed by atoms with Crippen LogP contribution in [0.2, 0.25) is 0 Å². The highest BCUT2D eigenvalue weighted by Gasteiger charge is 2.18. The van der Waals surface area contributed by atoms with E-state index in [1.807, 2.05) is 37.2 Å². The molecule has 2 heterocycles. The SMILES string of the molecule is CN(C)C(CNC(=O)Cc1csc(NC(=O)c2ccccc2)n1)c1ccco1. The molecule has 1 unspecified atom stereocenters. The minimum Gasteiger partial charge on any atom is -0.468 e. The lowest BCUT2D eigenvalue weighted by Crippen LogP contribution is -2.35. The maximum Gasteiger partial charge on any atom is 0.257 e. The number of carbonyl (C=O) groups excluding carboxylic acids is 2. The fraction of sp³-hybridized carbons (Fsp3) is 0.250. The normalized spacial score (nSPS) is 12.0. The fourth-order valence-corrected chi connectivity index (χ4v) is 3.37. The summed E-state index contributed by atoms with van der Waals surface area (Å²) in [4.78, 5) is 30.8. The lowest BCUT2D eigenvalue weighted by Gasteiger charge is -2.22. The van der Waals surface area contributed by atoms with Crippen LogP contribution in [0.15, 0.2) is 58.5 Å². The Balaban J connectivity index is 1.51. The van der Waals surface area contributed by atoms with Crippen LogP contribution in [0.25, 0.3) is 0 Å². The number of carbonyl (C=O) groups is 2. The Bertz CT molecular complexity index is 907. The first kappa shape index (κ1) is 19.8. The third-order valence-corrected chi connectivity index (χ3v) is 4.94. The lowest BCUT2D eigenvalue weighted by atomic mass is 10.2. The van der Waals surface area contributed by atoms with Crippen LogP contribution < -0.4 is 10.6 Å². The smallest absolute Gasteiger partial charge is 0.257 e. The summed E-state index contributed by atoms with van der Waals surface area (Å²) in [5.41, 5.74) is 1.18. The molecule has 2 amide bonds. The largest absolute Gasteiger partial charge is 0.468 e. The topological polar surface area (TPSA) is 87.5 Å². The van der Waals surface area contributed by atoms with Crippen LogP contribution in [0.1, 0.15) is 27.9 Å². The molecule has 7 nitrogen and oxygen atoms in total. The first-order valence-electron chi connectivity index (χ1n) is 8.80. The zero-order valence-electron chi connectivity index (χ0n) is 15.7. The van der Waals surface area contributed by atoms with Crippen LogP contribution in [0, 0.1) is 0 Å². The van der Waals surface area contributed by atoms with Crippen LogP contribution in [0.5, 0.6) is 0 Å². The van der Waals surface area contributed by atoms with E-state index in [1.54, 1.807) is 35.9 Å². The van der Waals surface area contributed by atoms with Crippen molar-refractivity contribution in [3.8, 4) is 0 Å². The predicted molar refractivity (Wildman–Crippen MR) is 108 cm³/mol. The Morgan fingerprint density at radius 3 is 2.64 bits per heavy atom. The average molecular weight is 398 g/mol. The van der Waals surface area contributed by atoms with E-state index in [4.69, 9.17) is 4.42 Å². The number of benzene rings is 1. The molecule has 3 aromatic rings. The molecule has 28 heavy (non-hydrogen) atoms. The predicted octanol–water partition coefficient (Wildman–Crippen LogP) is 2.95. The van der Waals surface area contributed by atoms with Crippen LogP contribution >= 0.6 is 11.3 Å². The van der Waals surface area contributed by atoms with Crippen LogP contribution in [-0.2, 0) is 11.2 Å². The van der Waals surface area contributed by atoms with E-state index >= 15 is 0 Å². The maximum absolute atomic E-state index is 12.3. The second-order valence-corrected chi connectivity index (χ2v) is 7.30. The van der Waals surface area contributed by atoms with Gasteiger partial charge in [0, 0.05) is 17.5 Å². The van der Waals surface area contributed by atoms with E-state index in [-0.39, 0.29) is 24.3 Å². The lowest BCUT2D eigenvalue weighted by molar-refractivity contribution is -0.120. The number of hydrogen-bond donors (Lipinski definition) is 2. The maximum atomic E-state index is 12.3. The number of furan rings is 1. The van der Waals surface area contributed by atoms with Crippen LogP contribution in [0.4, 0.5) is 5.13 Å². The van der Waals surface area contributed by atoms with Crippen molar-refractivity contribution >= 4 is 28.3 Å². The van der Waals surface area contributed by atoms with E-state index in [2.05, 4.69) is 15.6 Å². The Hall–Kier alpha value is -2.97. The Kier molecular flexibility index (Phi) is 6.57. The molecule has 2 N–H and O–H groups in total. The Morgan fingerprint density at radius 2 is 1.96 bits per heavy atom. The Morgan fingerprint density at radius 1 is 1.18 bits per heavy atom. The molecule has 8 heteroatoms. The molecule has 1 atom stereocenters. The number of nitrogens with one attached hydrogen (secondary N) is 2. The standard InChI is InChI=1S/C20H22N4O3S/c1-24(2)16(17-9-6-10-27-17)12-21-18(25)11-15-13-28-20(22-15)23-19(26)14-7-4-3-5-8-14/h3-10,13,16H,11-12H2,1-2H3,(H,21,25)(H,22,23,26). The van der Waals surface area contributed by atoms with Crippen molar-refractivity contribution < 1.29 is 14.0 Å². The van der Waals surface area contributed by atoms with Crippen LogP contribution in [-0.4, -0.2) is 42.3 Å². The zero-order chi connectivity index (χ0) is 19.9. The summed E-state index contributed by atoms with van der Waals surface area (Å²) >= 11 is 1.30. The number of rotatable bonds is 8. The number of likely N-dealkylation sites (N-methyl/N-ethyl adjacent to an activating group) is 1. The molecule has 0 saturated heterocycles. The molecule has 2 aromatic heterocycles. The van der Waals surface area contributed by atoms with Crippen LogP contribution in [0.3, 0.4) is 0 Å². The van der Waals surface area contributed by atoms with Gasteiger partial charge in [-0.15, -0.1) is 11.3 Å². The molecular weight excluding hydrogens is 376 g/mol. The van der Waals surface area contributed by atoms with Gasteiger partial charge >= 0.3 is 0 Å². The highest BCUT2D eigenvalue weighted by atomic mass is 32.1. The van der Waals surface area contributed by atoms with E-state index in [9.17, 15) is 9.59 Å². The molecule has 0 fully saturated rings. The molecule has 0 saturated carbocycles. The van der Waals surface area contributed by atoms with Gasteiger partial charge < -0.3 is 9.73 Å². The molecule has 0 radical (unpaired) electrons. The van der Waals surface area contributed by atoms with Crippen molar-refractivity contribution in [1.82, 2.24) is 15.2 Å². The van der Waals surface area contributed by atoms with Gasteiger partial charge in [-0.25, -0.2) is 4.98 Å². The number of amides is 2. The summed E-state index contributed by atoms with van der Waals surface area (Å²) in [5.74, 6) is 0.438. The van der Waals surface area contributed by atoms with E-state index in [0.29, 0.717) is 22.9 Å². The van der Waals surface area contributed by atoms with Gasteiger partial charge in [-0.05, 0) is 38.4 Å². The number of hydrogen-bond acceptors (Lipinski definition) is 6. The summed E-state index contributed by atoms with van der Waals surface area (Å²) in [5, 5.41) is 7.91. The van der Waals surface area contributed by atoms with E-state index < -0.39 is 0 Å². The van der Waals surface area contributed by atoms with Crippen molar-refractivity contribution in [2.45, 2.75) is 12.5 Å². The van der Waals surface area contributed by atoms with Gasteiger partial charge in [0.05, 0.1) is 24.4 Å². The van der Waals surface area contributed by atoms with Crippen molar-refractivity contribution in [3.05, 3.63) is 71.1 Å². The number of aromatic nitrogens is 1. The van der Waals surface area contributed by atoms with Crippen molar-refractivity contribution in [2.75, 3.05) is 26.0 Å². The molecule has 0 bridgehead atoms.